The van der Waals surface area contributed by atoms with E-state index in [4.69, 9.17) is 4.52 Å². The van der Waals surface area contributed by atoms with Gasteiger partial charge in [-0.25, -0.2) is 0 Å². The molecule has 100 valence electrons. The highest BCUT2D eigenvalue weighted by atomic mass is 16.5. The number of aromatic nitrogens is 1. The maximum Gasteiger partial charge on any atom is 0.227 e. The van der Waals surface area contributed by atoms with Crippen LogP contribution in [-0.4, -0.2) is 40.3 Å². The Balaban J connectivity index is 2.08. The van der Waals surface area contributed by atoms with Gasteiger partial charge < -0.3 is 14.5 Å². The number of carbonyl (C=O) groups is 1. The molecule has 1 fully saturated rings. The second kappa shape index (κ2) is 5.52. The van der Waals surface area contributed by atoms with E-state index in [9.17, 15) is 9.90 Å². The summed E-state index contributed by atoms with van der Waals surface area (Å²) in [6, 6.07) is 0. The van der Waals surface area contributed by atoms with Crippen molar-refractivity contribution in [2.75, 3.05) is 13.1 Å². The molecule has 1 aromatic rings. The molecule has 1 atom stereocenters. The number of hydrogen-bond donors (Lipinski definition) is 1. The Bertz CT molecular complexity index is 406. The third-order valence-corrected chi connectivity index (χ3v) is 3.45. The summed E-state index contributed by atoms with van der Waals surface area (Å²) in [5, 5.41) is 13.5. The molecule has 1 aliphatic rings. The van der Waals surface area contributed by atoms with Crippen LogP contribution in [0.3, 0.4) is 0 Å². The van der Waals surface area contributed by atoms with Crippen molar-refractivity contribution >= 4 is 5.91 Å². The summed E-state index contributed by atoms with van der Waals surface area (Å²) < 4.78 is 5.25. The number of rotatable bonds is 4. The van der Waals surface area contributed by atoms with Crippen LogP contribution in [0, 0.1) is 0 Å². The number of hydrogen-bond acceptors (Lipinski definition) is 4. The zero-order chi connectivity index (χ0) is 13.1. The van der Waals surface area contributed by atoms with Crippen LogP contribution >= 0.6 is 0 Å². The highest BCUT2D eigenvalue weighted by molar-refractivity contribution is 5.79. The van der Waals surface area contributed by atoms with E-state index >= 15 is 0 Å². The van der Waals surface area contributed by atoms with Gasteiger partial charge in [0.2, 0.25) is 5.91 Å². The highest BCUT2D eigenvalue weighted by Gasteiger charge is 2.26. The number of carbonyl (C=O) groups excluding carboxylic acids is 1. The minimum Gasteiger partial charge on any atom is -0.391 e. The first-order chi connectivity index (χ1) is 8.65. The van der Waals surface area contributed by atoms with E-state index in [1.54, 1.807) is 4.90 Å². The van der Waals surface area contributed by atoms with Crippen LogP contribution in [0.4, 0.5) is 0 Å². The van der Waals surface area contributed by atoms with Crippen molar-refractivity contribution < 1.29 is 14.4 Å². The highest BCUT2D eigenvalue weighted by Crippen LogP contribution is 2.19. The number of likely N-dealkylation sites (tertiary alicyclic amines) is 1. The first-order valence-corrected chi connectivity index (χ1v) is 6.57. The zero-order valence-corrected chi connectivity index (χ0v) is 11.0. The molecule has 0 unspecified atom stereocenters. The first-order valence-electron chi connectivity index (χ1n) is 6.57. The number of aliphatic hydroxyl groups is 1. The summed E-state index contributed by atoms with van der Waals surface area (Å²) in [5.74, 6) is 0.860. The largest absolute Gasteiger partial charge is 0.391 e. The SMILES string of the molecule is CCc1noc(CC)c1CC(=O)N1CC[C@@H](O)C1. The van der Waals surface area contributed by atoms with E-state index in [1.165, 1.54) is 0 Å². The molecule has 0 aliphatic carbocycles. The van der Waals surface area contributed by atoms with Gasteiger partial charge in [0.25, 0.3) is 0 Å². The van der Waals surface area contributed by atoms with E-state index in [-0.39, 0.29) is 12.0 Å². The molecule has 1 aliphatic heterocycles. The topological polar surface area (TPSA) is 66.6 Å². The molecule has 1 saturated heterocycles. The fourth-order valence-electron chi connectivity index (χ4n) is 2.37. The molecule has 0 spiro atoms. The predicted molar refractivity (Wildman–Crippen MR) is 66.2 cm³/mol. The average molecular weight is 252 g/mol. The van der Waals surface area contributed by atoms with Gasteiger partial charge in [0.05, 0.1) is 18.2 Å². The summed E-state index contributed by atoms with van der Waals surface area (Å²) >= 11 is 0. The Labute approximate surface area is 107 Å². The third-order valence-electron chi connectivity index (χ3n) is 3.45. The minimum absolute atomic E-state index is 0.0548. The second-order valence-electron chi connectivity index (χ2n) is 4.70. The van der Waals surface area contributed by atoms with Gasteiger partial charge in [-0.15, -0.1) is 0 Å². The molecule has 5 heteroatoms. The van der Waals surface area contributed by atoms with E-state index in [0.717, 1.165) is 29.9 Å². The van der Waals surface area contributed by atoms with Crippen LogP contribution in [0.2, 0.25) is 0 Å². The molecular formula is C13H20N2O3. The van der Waals surface area contributed by atoms with Crippen molar-refractivity contribution in [2.24, 2.45) is 0 Å². The van der Waals surface area contributed by atoms with Gasteiger partial charge in [0.15, 0.2) is 0 Å². The van der Waals surface area contributed by atoms with Crippen LogP contribution in [0.25, 0.3) is 0 Å². The molecule has 1 aromatic heterocycles. The molecule has 1 amide bonds. The minimum atomic E-state index is -0.368. The lowest BCUT2D eigenvalue weighted by Crippen LogP contribution is -2.31. The lowest BCUT2D eigenvalue weighted by molar-refractivity contribution is -0.129. The molecule has 1 N–H and O–H groups in total. The Kier molecular flexibility index (Phi) is 4.01. The van der Waals surface area contributed by atoms with Crippen molar-refractivity contribution in [3.8, 4) is 0 Å². The van der Waals surface area contributed by atoms with E-state index in [1.807, 2.05) is 13.8 Å². The number of amides is 1. The summed E-state index contributed by atoms with van der Waals surface area (Å²) in [5.41, 5.74) is 1.81. The summed E-state index contributed by atoms with van der Waals surface area (Å²) in [7, 11) is 0. The van der Waals surface area contributed by atoms with Crippen molar-refractivity contribution in [1.82, 2.24) is 10.1 Å². The number of nitrogens with zero attached hydrogens (tertiary/aromatic N) is 2. The normalized spacial score (nSPS) is 19.5. The molecule has 2 rings (SSSR count). The quantitative estimate of drug-likeness (QED) is 0.866. The van der Waals surface area contributed by atoms with Crippen molar-refractivity contribution in [2.45, 2.75) is 45.6 Å². The Morgan fingerprint density at radius 3 is 2.83 bits per heavy atom. The molecule has 0 saturated carbocycles. The predicted octanol–water partition coefficient (Wildman–Crippen LogP) is 0.935. The smallest absolute Gasteiger partial charge is 0.227 e. The van der Waals surface area contributed by atoms with Crippen LogP contribution in [0.5, 0.6) is 0 Å². The lowest BCUT2D eigenvalue weighted by Gasteiger charge is -2.15. The van der Waals surface area contributed by atoms with Gasteiger partial charge in [0.1, 0.15) is 5.76 Å². The first kappa shape index (κ1) is 13.1. The monoisotopic (exact) mass is 252 g/mol. The second-order valence-corrected chi connectivity index (χ2v) is 4.70. The van der Waals surface area contributed by atoms with Gasteiger partial charge in [-0.2, -0.15) is 0 Å². The number of β-amino-alcohol motifs (C(OH)–C–C–N with tert-alkyl or cyclic N) is 1. The number of aliphatic hydroxyl groups excluding tert-OH is 1. The Morgan fingerprint density at radius 1 is 1.50 bits per heavy atom. The standard InChI is InChI=1S/C13H20N2O3/c1-3-11-10(12(4-2)18-14-11)7-13(17)15-6-5-9(16)8-15/h9,16H,3-8H2,1-2H3/t9-/m1/s1. The van der Waals surface area contributed by atoms with E-state index in [0.29, 0.717) is 25.9 Å². The third kappa shape index (κ3) is 2.56. The summed E-state index contributed by atoms with van der Waals surface area (Å²) in [6.45, 7) is 5.10. The average Bonchev–Trinajstić information content (AvgIpc) is 2.95. The molecular weight excluding hydrogens is 232 g/mol. The van der Waals surface area contributed by atoms with Gasteiger partial charge in [-0.3, -0.25) is 4.79 Å². The summed E-state index contributed by atoms with van der Waals surface area (Å²) in [4.78, 5) is 13.9. The zero-order valence-electron chi connectivity index (χ0n) is 11.0. The fourth-order valence-corrected chi connectivity index (χ4v) is 2.37. The van der Waals surface area contributed by atoms with Gasteiger partial charge in [-0.1, -0.05) is 19.0 Å². The van der Waals surface area contributed by atoms with Crippen molar-refractivity contribution in [1.29, 1.82) is 0 Å². The molecule has 0 bridgehead atoms. The van der Waals surface area contributed by atoms with Gasteiger partial charge in [0, 0.05) is 25.1 Å². The lowest BCUT2D eigenvalue weighted by atomic mass is 10.1. The molecule has 5 nitrogen and oxygen atoms in total. The molecule has 0 aromatic carbocycles. The van der Waals surface area contributed by atoms with Crippen LogP contribution < -0.4 is 0 Å². The van der Waals surface area contributed by atoms with Crippen LogP contribution in [-0.2, 0) is 24.1 Å². The van der Waals surface area contributed by atoms with E-state index < -0.39 is 0 Å². The van der Waals surface area contributed by atoms with Crippen LogP contribution in [0.1, 0.15) is 37.3 Å². The maximum absolute atomic E-state index is 12.1. The Morgan fingerprint density at radius 2 is 2.28 bits per heavy atom. The van der Waals surface area contributed by atoms with Crippen LogP contribution in [0.15, 0.2) is 4.52 Å². The van der Waals surface area contributed by atoms with Gasteiger partial charge >= 0.3 is 0 Å². The van der Waals surface area contributed by atoms with Gasteiger partial charge in [-0.05, 0) is 12.8 Å². The molecule has 18 heavy (non-hydrogen) atoms. The number of aryl methyl sites for hydroxylation is 2. The molecule has 0 radical (unpaired) electrons. The van der Waals surface area contributed by atoms with Crippen molar-refractivity contribution in [3.05, 3.63) is 17.0 Å². The molecule has 2 heterocycles. The van der Waals surface area contributed by atoms with Crippen molar-refractivity contribution in [3.63, 3.8) is 0 Å². The summed E-state index contributed by atoms with van der Waals surface area (Å²) in [6.07, 6.45) is 2.17. The maximum atomic E-state index is 12.1. The Hall–Kier alpha value is -1.36. The van der Waals surface area contributed by atoms with E-state index in [2.05, 4.69) is 5.16 Å². The fraction of sp³-hybridized carbons (Fsp3) is 0.692.